The molecule has 0 saturated carbocycles. The minimum atomic E-state index is -0.965. The molecule has 0 aliphatic rings. The Balaban J connectivity index is 1.51. The highest BCUT2D eigenvalue weighted by atomic mass is 32.2. The molecule has 5 rings (SSSR count). The van der Waals surface area contributed by atoms with Gasteiger partial charge in [0.25, 0.3) is 5.91 Å². The van der Waals surface area contributed by atoms with Crippen LogP contribution >= 0.6 is 11.9 Å². The summed E-state index contributed by atoms with van der Waals surface area (Å²) in [5, 5.41) is 9.43. The molecule has 5 aromatic rings. The number of aromatic nitrogens is 2. The molecule has 0 fully saturated rings. The standard InChI is InChI=1S/C40H44N4O4S/c1-6-12-35-42-37-26(4)21-31(38(45)44(49-40(48)36(41)25(2)3)27(5)22-28-13-8-7-9-14-28)23-34(37)43(35)24-29-17-19-30(20-18-29)32-15-10-11-16-33(32)39(46)47/h7-11,13-21,23,25,27,36H,6,12,22,24,41H2,1-5H3,(H,46,47). The average molecular weight is 677 g/mol. The van der Waals surface area contributed by atoms with Gasteiger partial charge in [0.2, 0.25) is 5.12 Å². The van der Waals surface area contributed by atoms with E-state index in [1.54, 1.807) is 16.4 Å². The summed E-state index contributed by atoms with van der Waals surface area (Å²) >= 11 is 0.906. The zero-order chi connectivity index (χ0) is 35.2. The number of carboxylic acids is 1. The monoisotopic (exact) mass is 676 g/mol. The Morgan fingerprint density at radius 3 is 2.24 bits per heavy atom. The lowest BCUT2D eigenvalue weighted by Crippen LogP contribution is -2.40. The molecule has 2 atom stereocenters. The molecule has 1 aromatic heterocycles. The minimum Gasteiger partial charge on any atom is -0.478 e. The molecule has 9 heteroatoms. The van der Waals surface area contributed by atoms with E-state index in [-0.39, 0.29) is 28.5 Å². The number of aryl methyl sites for hydroxylation is 2. The summed E-state index contributed by atoms with van der Waals surface area (Å²) in [6.07, 6.45) is 2.24. The summed E-state index contributed by atoms with van der Waals surface area (Å²) in [5.41, 5.74) is 13.1. The number of aromatic carboxylic acids is 1. The quantitative estimate of drug-likeness (QED) is 0.129. The van der Waals surface area contributed by atoms with E-state index < -0.39 is 12.0 Å². The fraction of sp³-hybridized carbons (Fsp3) is 0.300. The van der Waals surface area contributed by atoms with Crippen molar-refractivity contribution >= 4 is 40.0 Å². The third kappa shape index (κ3) is 8.12. The Labute approximate surface area is 292 Å². The van der Waals surface area contributed by atoms with Crippen molar-refractivity contribution in [1.29, 1.82) is 0 Å². The molecule has 0 saturated heterocycles. The van der Waals surface area contributed by atoms with Crippen molar-refractivity contribution in [3.8, 4) is 11.1 Å². The lowest BCUT2D eigenvalue weighted by molar-refractivity contribution is -0.113. The molecule has 3 N–H and O–H groups in total. The van der Waals surface area contributed by atoms with Gasteiger partial charge in [0, 0.05) is 36.5 Å². The molecule has 0 aliphatic heterocycles. The number of carbonyl (C=O) groups is 3. The molecular weight excluding hydrogens is 633 g/mol. The normalized spacial score (nSPS) is 12.6. The van der Waals surface area contributed by atoms with Crippen LogP contribution in [0.5, 0.6) is 0 Å². The number of rotatable bonds is 12. The first-order valence-electron chi connectivity index (χ1n) is 16.7. The van der Waals surface area contributed by atoms with Gasteiger partial charge in [0.05, 0.1) is 22.6 Å². The fourth-order valence-corrected chi connectivity index (χ4v) is 7.01. The van der Waals surface area contributed by atoms with E-state index in [1.165, 1.54) is 0 Å². The predicted octanol–water partition coefficient (Wildman–Crippen LogP) is 7.94. The maximum absolute atomic E-state index is 14.4. The van der Waals surface area contributed by atoms with Crippen LogP contribution in [0.25, 0.3) is 22.2 Å². The molecule has 2 unspecified atom stereocenters. The van der Waals surface area contributed by atoms with E-state index in [0.29, 0.717) is 24.1 Å². The van der Waals surface area contributed by atoms with Gasteiger partial charge in [-0.15, -0.1) is 0 Å². The SMILES string of the molecule is CCCc1nc2c(C)cc(C(=O)N(SC(=O)C(N)C(C)C)C(C)Cc3ccccc3)cc2n1Cc1ccc(-c2ccccc2C(=O)O)cc1. The zero-order valence-electron chi connectivity index (χ0n) is 28.7. The highest BCUT2D eigenvalue weighted by Gasteiger charge is 2.30. The first-order valence-corrected chi connectivity index (χ1v) is 17.5. The summed E-state index contributed by atoms with van der Waals surface area (Å²) in [6, 6.07) is 27.6. The highest BCUT2D eigenvalue weighted by molar-refractivity contribution is 8.12. The van der Waals surface area contributed by atoms with Crippen LogP contribution in [0.15, 0.2) is 91.0 Å². The van der Waals surface area contributed by atoms with E-state index in [9.17, 15) is 19.5 Å². The van der Waals surface area contributed by atoms with Crippen LogP contribution in [0, 0.1) is 12.8 Å². The van der Waals surface area contributed by atoms with Gasteiger partial charge in [-0.1, -0.05) is 93.6 Å². The van der Waals surface area contributed by atoms with Crippen molar-refractivity contribution in [3.63, 3.8) is 0 Å². The Morgan fingerprint density at radius 2 is 1.59 bits per heavy atom. The van der Waals surface area contributed by atoms with E-state index in [1.807, 2.05) is 107 Å². The third-order valence-corrected chi connectivity index (χ3v) is 9.93. The molecule has 1 amide bonds. The molecule has 254 valence electrons. The number of amides is 1. The van der Waals surface area contributed by atoms with Crippen molar-refractivity contribution < 1.29 is 19.5 Å². The summed E-state index contributed by atoms with van der Waals surface area (Å²) in [6.45, 7) is 10.4. The maximum atomic E-state index is 14.4. The number of carboxylic acid groups (broad SMARTS) is 1. The van der Waals surface area contributed by atoms with Gasteiger partial charge >= 0.3 is 5.97 Å². The first-order chi connectivity index (χ1) is 23.5. The number of nitrogens with zero attached hydrogens (tertiary/aromatic N) is 3. The maximum Gasteiger partial charge on any atom is 0.336 e. The third-order valence-electron chi connectivity index (χ3n) is 8.76. The number of benzene rings is 4. The lowest BCUT2D eigenvalue weighted by Gasteiger charge is -2.29. The largest absolute Gasteiger partial charge is 0.478 e. The zero-order valence-corrected chi connectivity index (χ0v) is 29.5. The first kappa shape index (κ1) is 35.6. The van der Waals surface area contributed by atoms with Crippen LogP contribution in [0.1, 0.15) is 77.3 Å². The second-order valence-corrected chi connectivity index (χ2v) is 13.9. The molecule has 4 aromatic carbocycles. The Bertz CT molecular complexity index is 1950. The van der Waals surface area contributed by atoms with E-state index in [2.05, 4.69) is 11.5 Å². The van der Waals surface area contributed by atoms with E-state index >= 15 is 0 Å². The lowest BCUT2D eigenvalue weighted by atomic mass is 9.98. The van der Waals surface area contributed by atoms with Gasteiger partial charge in [-0.3, -0.25) is 13.9 Å². The molecule has 0 aliphatic carbocycles. The van der Waals surface area contributed by atoms with Crippen molar-refractivity contribution in [2.75, 3.05) is 0 Å². The van der Waals surface area contributed by atoms with Gasteiger partial charge in [-0.05, 0) is 78.6 Å². The van der Waals surface area contributed by atoms with Crippen LogP contribution in [-0.4, -0.2) is 48.0 Å². The molecule has 0 bridgehead atoms. The number of carbonyl (C=O) groups excluding carboxylic acids is 2. The molecule has 49 heavy (non-hydrogen) atoms. The van der Waals surface area contributed by atoms with Crippen molar-refractivity contribution in [1.82, 2.24) is 13.9 Å². The Hall–Kier alpha value is -4.73. The summed E-state index contributed by atoms with van der Waals surface area (Å²) in [7, 11) is 0. The summed E-state index contributed by atoms with van der Waals surface area (Å²) in [5.74, 6) is -0.360. The molecule has 8 nitrogen and oxygen atoms in total. The van der Waals surface area contributed by atoms with E-state index in [4.69, 9.17) is 10.7 Å². The van der Waals surface area contributed by atoms with Gasteiger partial charge in [0.1, 0.15) is 5.82 Å². The van der Waals surface area contributed by atoms with Crippen LogP contribution in [0.3, 0.4) is 0 Å². The van der Waals surface area contributed by atoms with Gasteiger partial charge in [0.15, 0.2) is 0 Å². The van der Waals surface area contributed by atoms with Crippen molar-refractivity contribution in [3.05, 3.63) is 125 Å². The Morgan fingerprint density at radius 1 is 0.918 bits per heavy atom. The van der Waals surface area contributed by atoms with Crippen LogP contribution in [0.4, 0.5) is 0 Å². The van der Waals surface area contributed by atoms with Crippen LogP contribution < -0.4 is 5.73 Å². The van der Waals surface area contributed by atoms with Gasteiger partial charge < -0.3 is 15.4 Å². The molecule has 0 radical (unpaired) electrons. The average Bonchev–Trinajstić information content (AvgIpc) is 3.44. The smallest absolute Gasteiger partial charge is 0.336 e. The predicted molar refractivity (Wildman–Crippen MR) is 198 cm³/mol. The van der Waals surface area contributed by atoms with Gasteiger partial charge in [-0.2, -0.15) is 0 Å². The van der Waals surface area contributed by atoms with Crippen LogP contribution in [0.2, 0.25) is 0 Å². The Kier molecular flexibility index (Phi) is 11.4. The van der Waals surface area contributed by atoms with Crippen molar-refractivity contribution in [2.45, 2.75) is 72.5 Å². The number of hydrogen-bond acceptors (Lipinski definition) is 6. The second-order valence-electron chi connectivity index (χ2n) is 12.9. The number of hydrogen-bond donors (Lipinski definition) is 2. The minimum absolute atomic E-state index is 0.0627. The fourth-order valence-electron chi connectivity index (χ4n) is 5.98. The van der Waals surface area contributed by atoms with Crippen molar-refractivity contribution in [2.24, 2.45) is 11.7 Å². The summed E-state index contributed by atoms with van der Waals surface area (Å²) < 4.78 is 3.74. The number of nitrogens with two attached hydrogens (primary N) is 1. The molecule has 1 heterocycles. The second kappa shape index (κ2) is 15.7. The van der Waals surface area contributed by atoms with E-state index in [0.717, 1.165) is 63.9 Å². The summed E-state index contributed by atoms with van der Waals surface area (Å²) in [4.78, 5) is 44.5. The topological polar surface area (TPSA) is 119 Å². The highest BCUT2D eigenvalue weighted by Crippen LogP contribution is 2.30. The molecule has 0 spiro atoms. The number of imidazole rings is 1. The number of fused-ring (bicyclic) bond motifs is 1. The molecular formula is C40H44N4O4S. The van der Waals surface area contributed by atoms with Crippen LogP contribution in [-0.2, 0) is 24.2 Å². The van der Waals surface area contributed by atoms with Gasteiger partial charge in [-0.25, -0.2) is 9.78 Å².